The van der Waals surface area contributed by atoms with E-state index >= 15 is 0 Å². The van der Waals surface area contributed by atoms with Gasteiger partial charge in [0.05, 0.1) is 30.5 Å². The molecular formula is C71H63F2GeIrN6OSi. The van der Waals surface area contributed by atoms with E-state index in [1.165, 1.54) is 67.2 Å². The summed E-state index contributed by atoms with van der Waals surface area (Å²) in [5.41, 5.74) is 15.8. The van der Waals surface area contributed by atoms with Gasteiger partial charge in [-0.3, -0.25) is 9.37 Å². The smallest absolute Gasteiger partial charge is 3.00 e. The molecule has 83 heavy (non-hydrogen) atoms. The van der Waals surface area contributed by atoms with Gasteiger partial charge >= 0.3 is 124 Å². The summed E-state index contributed by atoms with van der Waals surface area (Å²) in [6, 6.07) is 68.4. The third-order valence-electron chi connectivity index (χ3n) is 14.5. The molecule has 5 heterocycles. The number of nitriles is 1. The van der Waals surface area contributed by atoms with E-state index in [0.29, 0.717) is 17.0 Å². The zero-order valence-corrected chi connectivity index (χ0v) is 53.7. The van der Waals surface area contributed by atoms with Crippen LogP contribution in [0.3, 0.4) is 0 Å². The van der Waals surface area contributed by atoms with Gasteiger partial charge in [0.25, 0.3) is 0 Å². The zero-order valence-electron chi connectivity index (χ0n) is 48.2. The Kier molecular flexibility index (Phi) is 18.1. The number of halogens is 2. The van der Waals surface area contributed by atoms with Crippen LogP contribution in [0.15, 0.2) is 193 Å². The first-order chi connectivity index (χ1) is 39.3. The summed E-state index contributed by atoms with van der Waals surface area (Å²) in [6.45, 7) is 15.9. The average Bonchev–Trinajstić information content (AvgIpc) is 3.98. The van der Waals surface area contributed by atoms with Crippen molar-refractivity contribution in [3.05, 3.63) is 235 Å². The van der Waals surface area contributed by atoms with Crippen molar-refractivity contribution in [1.82, 2.24) is 24.5 Å². The Morgan fingerprint density at radius 3 is 1.71 bits per heavy atom. The van der Waals surface area contributed by atoms with E-state index in [-0.39, 0.29) is 43.6 Å². The molecule has 7 aromatic carbocycles. The van der Waals surface area contributed by atoms with E-state index in [2.05, 4.69) is 199 Å². The van der Waals surface area contributed by atoms with Crippen molar-refractivity contribution < 1.29 is 33.3 Å². The second-order valence-corrected chi connectivity index (χ2v) is 38.8. The Labute approximate surface area is 502 Å². The number of furan rings is 1. The van der Waals surface area contributed by atoms with Crippen LogP contribution in [0, 0.1) is 41.2 Å². The molecule has 0 N–H and O–H groups in total. The van der Waals surface area contributed by atoms with Crippen molar-refractivity contribution in [2.45, 2.75) is 76.4 Å². The summed E-state index contributed by atoms with van der Waals surface area (Å²) < 4.78 is 35.6. The molecule has 0 aliphatic rings. The monoisotopic (exact) mass is 1350 g/mol. The van der Waals surface area contributed by atoms with E-state index in [9.17, 15) is 14.0 Å². The molecule has 0 saturated heterocycles. The number of fused-ring (bicyclic) bond motifs is 4. The summed E-state index contributed by atoms with van der Waals surface area (Å²) in [7, 11) is -1.30. The van der Waals surface area contributed by atoms with Crippen LogP contribution in [0.2, 0.25) is 36.9 Å². The molecule has 0 unspecified atom stereocenters. The third-order valence-corrected chi connectivity index (χ3v) is 20.8. The van der Waals surface area contributed by atoms with Crippen LogP contribution in [-0.4, -0.2) is 45.8 Å². The molecular weight excluding hydrogens is 1280 g/mol. The maximum absolute atomic E-state index is 12.8. The Balaban J connectivity index is 0.000000193. The first-order valence-electron chi connectivity index (χ1n) is 27.6. The number of hydrogen-bond donors (Lipinski definition) is 0. The molecule has 414 valence electrons. The van der Waals surface area contributed by atoms with Crippen molar-refractivity contribution in [1.29, 1.82) is 5.26 Å². The molecule has 0 saturated carbocycles. The fourth-order valence-corrected chi connectivity index (χ4v) is 13.1. The van der Waals surface area contributed by atoms with Gasteiger partial charge in [-0.2, -0.15) is 5.26 Å². The number of rotatable bonds is 10. The SMILES string of the molecule is CC(C)c1cc(-c2ccc(-c3ccccc3)cc2)cc(C(C)C)c1-n1c(-c2[c-]ccc3c2oc2nc(C#N)ccc23)nc2ccccc21.C[Si](C)(C)c1ccc(-c2[c-]cc(F)cc2)nc1.[CH3][Ge]([CH3])([CH3])[c]1ccc(-c2[c-]cc(F)cc2)nc1.[Ir+3]. The van der Waals surface area contributed by atoms with E-state index in [0.717, 1.165) is 61.4 Å². The fraction of sp³-hybridized carbons (Fsp3) is 0.169. The maximum Gasteiger partial charge on any atom is 3.00 e. The molecule has 0 fully saturated rings. The summed E-state index contributed by atoms with van der Waals surface area (Å²) in [5.74, 6) is 7.68. The van der Waals surface area contributed by atoms with Crippen LogP contribution in [0.5, 0.6) is 0 Å². The van der Waals surface area contributed by atoms with Gasteiger partial charge in [-0.15, -0.1) is 48.0 Å². The average molecular weight is 1350 g/mol. The molecule has 0 aliphatic carbocycles. The largest absolute Gasteiger partial charge is 3.00 e. The number of benzene rings is 7. The summed E-state index contributed by atoms with van der Waals surface area (Å²) in [6.07, 6.45) is 3.88. The topological polar surface area (TPSA) is 93.4 Å². The van der Waals surface area contributed by atoms with Crippen LogP contribution in [0.1, 0.15) is 56.4 Å². The van der Waals surface area contributed by atoms with Crippen molar-refractivity contribution in [3.8, 4) is 67.9 Å². The van der Waals surface area contributed by atoms with Gasteiger partial charge in [0.2, 0.25) is 5.71 Å². The minimum atomic E-state index is -1.79. The second-order valence-electron chi connectivity index (χ2n) is 23.1. The number of hydrogen-bond acceptors (Lipinski definition) is 6. The second kappa shape index (κ2) is 25.3. The predicted molar refractivity (Wildman–Crippen MR) is 337 cm³/mol. The van der Waals surface area contributed by atoms with Gasteiger partial charge in [-0.25, -0.2) is 4.98 Å². The standard InChI is InChI=1S/C43H33N4O.C14H15FGeN.C14H15FNSi.Ir/c1-26(2)36-23-31(30-19-17-29(18-20-30)28-11-6-5-7-12-28)24-37(27(3)4)40(36)47-39-16-9-8-15-38(39)46-42(47)35-14-10-13-33-34-22-21-32(25-44)45-43(34)48-41(33)35;1-16(2,3)13-8-9-14(17-10-13)11-4-6-12(15)7-5-11;1-17(2,3)13-8-9-14(16-10-13)11-4-6-12(15)7-5-11;/h5-13,15-24,26-27H,1-4H3;2*4,6-10H,1-3H3;/q3*-1;+3. The van der Waals surface area contributed by atoms with Gasteiger partial charge in [-0.05, 0) is 92.5 Å². The molecule has 0 atom stereocenters. The fourth-order valence-electron chi connectivity index (χ4n) is 9.87. The normalized spacial score (nSPS) is 11.5. The minimum absolute atomic E-state index is 0. The van der Waals surface area contributed by atoms with E-state index < -0.39 is 21.3 Å². The predicted octanol–water partition coefficient (Wildman–Crippen LogP) is 17.7. The molecule has 0 radical (unpaired) electrons. The minimum Gasteiger partial charge on any atom is 3.00 e. The molecule has 0 amide bonds. The van der Waals surface area contributed by atoms with E-state index in [4.69, 9.17) is 9.40 Å². The molecule has 0 spiro atoms. The molecule has 12 heteroatoms. The summed E-state index contributed by atoms with van der Waals surface area (Å²) in [5, 5.41) is 12.6. The van der Waals surface area contributed by atoms with Crippen LogP contribution >= 0.6 is 0 Å². The first-order valence-corrected chi connectivity index (χ1v) is 38.4. The first kappa shape index (κ1) is 59.6. The number of imidazole rings is 1. The van der Waals surface area contributed by atoms with Crippen molar-refractivity contribution >= 4 is 64.0 Å². The van der Waals surface area contributed by atoms with E-state index in [1.54, 1.807) is 18.2 Å². The van der Waals surface area contributed by atoms with Gasteiger partial charge in [0, 0.05) is 23.1 Å². The molecule has 12 aromatic rings. The molecule has 7 nitrogen and oxygen atoms in total. The van der Waals surface area contributed by atoms with Gasteiger partial charge in [-0.1, -0.05) is 137 Å². The quantitative estimate of drug-likeness (QED) is 0.100. The van der Waals surface area contributed by atoms with Crippen LogP contribution in [0.4, 0.5) is 8.78 Å². The number of pyridine rings is 3. The molecule has 5 aromatic heterocycles. The van der Waals surface area contributed by atoms with E-state index in [1.807, 2.05) is 54.9 Å². The van der Waals surface area contributed by atoms with Crippen LogP contribution < -0.4 is 9.58 Å². The Morgan fingerprint density at radius 2 is 1.18 bits per heavy atom. The van der Waals surface area contributed by atoms with Gasteiger partial charge in [0.15, 0.2) is 0 Å². The molecule has 0 bridgehead atoms. The van der Waals surface area contributed by atoms with Crippen LogP contribution in [0.25, 0.3) is 94.9 Å². The van der Waals surface area contributed by atoms with Gasteiger partial charge < -0.3 is 14.0 Å². The molecule has 0 aliphatic heterocycles. The molecule has 12 rings (SSSR count). The van der Waals surface area contributed by atoms with Crippen molar-refractivity contribution in [2.24, 2.45) is 0 Å². The number of aromatic nitrogens is 5. The number of nitrogens with zero attached hydrogens (tertiary/aromatic N) is 6. The Bertz CT molecular complexity index is 4110. The summed E-state index contributed by atoms with van der Waals surface area (Å²) >= 11 is -1.79. The zero-order chi connectivity index (χ0) is 57.9. The van der Waals surface area contributed by atoms with Crippen LogP contribution in [-0.2, 0) is 20.1 Å². The third kappa shape index (κ3) is 13.3. The number of para-hydroxylation sites is 2. The van der Waals surface area contributed by atoms with Gasteiger partial charge in [0.1, 0.15) is 11.8 Å². The Hall–Kier alpha value is -7.98. The van der Waals surface area contributed by atoms with Crippen molar-refractivity contribution in [3.63, 3.8) is 0 Å². The summed E-state index contributed by atoms with van der Waals surface area (Å²) in [4.78, 5) is 18.6. The maximum atomic E-state index is 12.8. The Morgan fingerprint density at radius 1 is 0.602 bits per heavy atom. The van der Waals surface area contributed by atoms with Crippen molar-refractivity contribution in [2.75, 3.05) is 0 Å².